The predicted octanol–water partition coefficient (Wildman–Crippen LogP) is 1.49. The molecule has 0 bridgehead atoms. The highest BCUT2D eigenvalue weighted by molar-refractivity contribution is 4.72. The maximum absolute atomic E-state index is 5.65. The van der Waals surface area contributed by atoms with Crippen molar-refractivity contribution in [1.29, 1.82) is 0 Å². The van der Waals surface area contributed by atoms with Crippen LogP contribution in [-0.2, 0) is 4.74 Å². The Labute approximate surface area is 94.2 Å². The van der Waals surface area contributed by atoms with Gasteiger partial charge in [-0.25, -0.2) is 0 Å². The normalized spacial score (nSPS) is 23.6. The second kappa shape index (κ2) is 7.20. The van der Waals surface area contributed by atoms with Crippen LogP contribution in [0.4, 0.5) is 0 Å². The second-order valence-corrected chi connectivity index (χ2v) is 4.67. The Morgan fingerprint density at radius 3 is 2.93 bits per heavy atom. The maximum atomic E-state index is 5.65. The number of rotatable bonds is 7. The molecule has 1 heterocycles. The van der Waals surface area contributed by atoms with E-state index < -0.39 is 0 Å². The molecule has 0 radical (unpaired) electrons. The molecule has 3 heteroatoms. The van der Waals surface area contributed by atoms with Crippen LogP contribution in [0, 0.1) is 0 Å². The number of nitrogens with zero attached hydrogens (tertiary/aromatic N) is 1. The Kier molecular flexibility index (Phi) is 6.22. The minimum Gasteiger partial charge on any atom is -0.377 e. The van der Waals surface area contributed by atoms with Gasteiger partial charge in [0.15, 0.2) is 0 Å². The fourth-order valence-electron chi connectivity index (χ4n) is 2.08. The molecular weight excluding hydrogens is 188 g/mol. The highest BCUT2D eigenvalue weighted by Crippen LogP contribution is 2.14. The predicted molar refractivity (Wildman–Crippen MR) is 64.2 cm³/mol. The van der Waals surface area contributed by atoms with E-state index in [2.05, 4.69) is 24.2 Å². The van der Waals surface area contributed by atoms with E-state index in [1.54, 1.807) is 0 Å². The van der Waals surface area contributed by atoms with Crippen molar-refractivity contribution in [3.63, 3.8) is 0 Å². The summed E-state index contributed by atoms with van der Waals surface area (Å²) in [6, 6.07) is 0.669. The van der Waals surface area contributed by atoms with Crippen molar-refractivity contribution in [2.24, 2.45) is 0 Å². The molecule has 0 aromatic rings. The van der Waals surface area contributed by atoms with Gasteiger partial charge in [0, 0.05) is 19.2 Å². The van der Waals surface area contributed by atoms with Crippen LogP contribution < -0.4 is 5.32 Å². The summed E-state index contributed by atoms with van der Waals surface area (Å²) < 4.78 is 5.65. The Bertz CT molecular complexity index is 158. The zero-order chi connectivity index (χ0) is 11.1. The van der Waals surface area contributed by atoms with Gasteiger partial charge in [0.2, 0.25) is 0 Å². The molecule has 1 rings (SSSR count). The molecule has 1 fully saturated rings. The zero-order valence-corrected chi connectivity index (χ0v) is 10.5. The Morgan fingerprint density at radius 1 is 1.53 bits per heavy atom. The first-order chi connectivity index (χ1) is 7.24. The van der Waals surface area contributed by atoms with Crippen LogP contribution in [0.5, 0.6) is 0 Å². The quantitative estimate of drug-likeness (QED) is 0.650. The van der Waals surface area contributed by atoms with E-state index in [9.17, 15) is 0 Å². The highest BCUT2D eigenvalue weighted by atomic mass is 16.5. The summed E-state index contributed by atoms with van der Waals surface area (Å²) in [4.78, 5) is 2.44. The van der Waals surface area contributed by atoms with Crippen LogP contribution in [0.25, 0.3) is 0 Å². The third-order valence-corrected chi connectivity index (χ3v) is 3.32. The Hall–Kier alpha value is -0.120. The van der Waals surface area contributed by atoms with Crippen LogP contribution in [-0.4, -0.2) is 50.8 Å². The molecule has 1 N–H and O–H groups in total. The molecule has 0 aliphatic carbocycles. The minimum absolute atomic E-state index is 0.488. The van der Waals surface area contributed by atoms with Crippen molar-refractivity contribution in [2.45, 2.75) is 44.8 Å². The lowest BCUT2D eigenvalue weighted by atomic mass is 10.1. The van der Waals surface area contributed by atoms with Crippen LogP contribution in [0.3, 0.4) is 0 Å². The van der Waals surface area contributed by atoms with E-state index in [4.69, 9.17) is 4.74 Å². The van der Waals surface area contributed by atoms with Gasteiger partial charge in [0.05, 0.1) is 6.10 Å². The summed E-state index contributed by atoms with van der Waals surface area (Å²) in [6.45, 7) is 5.50. The van der Waals surface area contributed by atoms with Gasteiger partial charge in [-0.1, -0.05) is 0 Å². The molecule has 0 aromatic carbocycles. The Balaban J connectivity index is 2.11. The monoisotopic (exact) mass is 214 g/mol. The standard InChI is InChI=1S/C12H26N2O/c1-11(6-4-8-13-2)14(3)10-12-7-5-9-15-12/h11-13H,4-10H2,1-3H3. The molecule has 0 aromatic heterocycles. The number of ether oxygens (including phenoxy) is 1. The summed E-state index contributed by atoms with van der Waals surface area (Å²) in [5, 5.41) is 3.19. The third-order valence-electron chi connectivity index (χ3n) is 3.32. The van der Waals surface area contributed by atoms with E-state index in [1.807, 2.05) is 7.05 Å². The van der Waals surface area contributed by atoms with E-state index in [0.717, 1.165) is 19.7 Å². The number of hydrogen-bond acceptors (Lipinski definition) is 3. The fraction of sp³-hybridized carbons (Fsp3) is 1.00. The van der Waals surface area contributed by atoms with Gasteiger partial charge in [-0.15, -0.1) is 0 Å². The van der Waals surface area contributed by atoms with Crippen molar-refractivity contribution in [2.75, 3.05) is 33.8 Å². The second-order valence-electron chi connectivity index (χ2n) is 4.67. The van der Waals surface area contributed by atoms with Crippen molar-refractivity contribution in [1.82, 2.24) is 10.2 Å². The molecule has 2 atom stereocenters. The summed E-state index contributed by atoms with van der Waals surface area (Å²) in [6.07, 6.45) is 5.50. The first-order valence-electron chi connectivity index (χ1n) is 6.20. The van der Waals surface area contributed by atoms with Gasteiger partial charge < -0.3 is 15.0 Å². The van der Waals surface area contributed by atoms with Crippen LogP contribution >= 0.6 is 0 Å². The number of nitrogens with one attached hydrogen (secondary N) is 1. The molecule has 1 aliphatic heterocycles. The van der Waals surface area contributed by atoms with E-state index >= 15 is 0 Å². The molecule has 0 saturated carbocycles. The molecule has 1 saturated heterocycles. The topological polar surface area (TPSA) is 24.5 Å². The lowest BCUT2D eigenvalue weighted by Gasteiger charge is -2.27. The van der Waals surface area contributed by atoms with Crippen molar-refractivity contribution >= 4 is 0 Å². The first kappa shape index (κ1) is 12.9. The lowest BCUT2D eigenvalue weighted by molar-refractivity contribution is 0.0689. The molecule has 90 valence electrons. The van der Waals surface area contributed by atoms with Crippen LogP contribution in [0.1, 0.15) is 32.6 Å². The lowest BCUT2D eigenvalue weighted by Crippen LogP contribution is -2.36. The minimum atomic E-state index is 0.488. The van der Waals surface area contributed by atoms with Crippen molar-refractivity contribution in [3.05, 3.63) is 0 Å². The van der Waals surface area contributed by atoms with Gasteiger partial charge in [0.1, 0.15) is 0 Å². The molecule has 1 aliphatic rings. The zero-order valence-electron chi connectivity index (χ0n) is 10.5. The van der Waals surface area contributed by atoms with Gasteiger partial charge >= 0.3 is 0 Å². The number of hydrogen-bond donors (Lipinski definition) is 1. The van der Waals surface area contributed by atoms with E-state index in [1.165, 1.54) is 25.7 Å². The highest BCUT2D eigenvalue weighted by Gasteiger charge is 2.19. The summed E-state index contributed by atoms with van der Waals surface area (Å²) >= 11 is 0. The van der Waals surface area contributed by atoms with Gasteiger partial charge in [0.25, 0.3) is 0 Å². The van der Waals surface area contributed by atoms with Crippen molar-refractivity contribution < 1.29 is 4.74 Å². The number of likely N-dealkylation sites (N-methyl/N-ethyl adjacent to an activating group) is 1. The van der Waals surface area contributed by atoms with Gasteiger partial charge in [-0.2, -0.15) is 0 Å². The molecule has 0 amide bonds. The average molecular weight is 214 g/mol. The molecule has 2 unspecified atom stereocenters. The van der Waals surface area contributed by atoms with Crippen molar-refractivity contribution in [3.8, 4) is 0 Å². The van der Waals surface area contributed by atoms with Crippen LogP contribution in [0.2, 0.25) is 0 Å². The third kappa shape index (κ3) is 4.96. The Morgan fingerprint density at radius 2 is 2.33 bits per heavy atom. The smallest absolute Gasteiger partial charge is 0.0702 e. The van der Waals surface area contributed by atoms with E-state index in [0.29, 0.717) is 12.1 Å². The molecule has 15 heavy (non-hydrogen) atoms. The SMILES string of the molecule is CNCCCC(C)N(C)CC1CCCO1. The molecular formula is C12H26N2O. The first-order valence-corrected chi connectivity index (χ1v) is 6.20. The summed E-state index contributed by atoms with van der Waals surface area (Å²) in [7, 11) is 4.23. The average Bonchev–Trinajstić information content (AvgIpc) is 2.70. The summed E-state index contributed by atoms with van der Waals surface area (Å²) in [5.74, 6) is 0. The molecule has 3 nitrogen and oxygen atoms in total. The van der Waals surface area contributed by atoms with E-state index in [-0.39, 0.29) is 0 Å². The molecule has 0 spiro atoms. The van der Waals surface area contributed by atoms with Crippen LogP contribution in [0.15, 0.2) is 0 Å². The fourth-order valence-corrected chi connectivity index (χ4v) is 2.08. The maximum Gasteiger partial charge on any atom is 0.0702 e. The summed E-state index contributed by atoms with van der Waals surface area (Å²) in [5.41, 5.74) is 0. The van der Waals surface area contributed by atoms with Gasteiger partial charge in [-0.05, 0) is 53.2 Å². The largest absolute Gasteiger partial charge is 0.377 e. The van der Waals surface area contributed by atoms with Gasteiger partial charge in [-0.3, -0.25) is 0 Å².